The summed E-state index contributed by atoms with van der Waals surface area (Å²) in [6, 6.07) is 0. The molecule has 0 heterocycles. The third-order valence-electron chi connectivity index (χ3n) is 0.862. The van der Waals surface area contributed by atoms with E-state index >= 15 is 0 Å². The van der Waals surface area contributed by atoms with Crippen molar-refractivity contribution < 1.29 is 3.83 Å². The first-order valence-electron chi connectivity index (χ1n) is 2.28. The van der Waals surface area contributed by atoms with E-state index in [0.29, 0.717) is 0 Å². The molecular weight excluding hydrogens is 150 g/mol. The van der Waals surface area contributed by atoms with Crippen LogP contribution in [0.1, 0.15) is 20.8 Å². The van der Waals surface area contributed by atoms with Crippen molar-refractivity contribution in [2.24, 2.45) is 0 Å². The Bertz CT molecular complexity index is 84.2. The van der Waals surface area contributed by atoms with Crippen LogP contribution in [0, 0.1) is 0 Å². The van der Waals surface area contributed by atoms with E-state index in [0.717, 1.165) is 0 Å². The van der Waals surface area contributed by atoms with Gasteiger partial charge >= 0.3 is 56.3 Å². The normalized spacial score (nSPS) is 16.7. The van der Waals surface area contributed by atoms with Crippen molar-refractivity contribution in [2.75, 3.05) is 0 Å². The Balaban J connectivity index is 3.79. The first-order chi connectivity index (χ1) is 2.94. The molecule has 7 heavy (non-hydrogen) atoms. The Kier molecular flexibility index (Phi) is 2.78. The SMILES string of the molecule is [Li][Se](=O)C(C)(C)C. The van der Waals surface area contributed by atoms with E-state index in [9.17, 15) is 3.83 Å². The van der Waals surface area contributed by atoms with Crippen molar-refractivity contribution in [1.82, 2.24) is 0 Å². The standard InChI is InChI=1S/C4H9OSe.Li/c1-4(2,3)6-5;/h1-3H3;/q+1;-1. The third-order valence-corrected chi connectivity index (χ3v) is 4.48. The van der Waals surface area contributed by atoms with Crippen molar-refractivity contribution in [3.8, 4) is 0 Å². The molecule has 1 atom stereocenters. The fourth-order valence-corrected chi connectivity index (χ4v) is 0. The van der Waals surface area contributed by atoms with E-state index in [-0.39, 0.29) is 4.31 Å². The first kappa shape index (κ1) is 7.92. The van der Waals surface area contributed by atoms with Gasteiger partial charge in [0.05, 0.1) is 0 Å². The van der Waals surface area contributed by atoms with E-state index in [4.69, 9.17) is 0 Å². The third kappa shape index (κ3) is 3.50. The monoisotopic (exact) mass is 160 g/mol. The summed E-state index contributed by atoms with van der Waals surface area (Å²) in [7, 11) is 0. The average Bonchev–Trinajstić information content (AvgIpc) is 1.31. The van der Waals surface area contributed by atoms with Crippen LogP contribution in [0.3, 0.4) is 0 Å². The Morgan fingerprint density at radius 3 is 1.57 bits per heavy atom. The maximum absolute atomic E-state index is 10.7. The van der Waals surface area contributed by atoms with Crippen LogP contribution in [0.15, 0.2) is 0 Å². The summed E-state index contributed by atoms with van der Waals surface area (Å²) < 4.78 is 10.7. The molecule has 0 aliphatic rings. The Labute approximate surface area is 56.5 Å². The van der Waals surface area contributed by atoms with Crippen LogP contribution in [-0.2, 0) is 3.83 Å². The minimum absolute atomic E-state index is 0.0694. The van der Waals surface area contributed by atoms with Crippen LogP contribution < -0.4 is 0 Å². The fourth-order valence-electron chi connectivity index (χ4n) is 0. The Morgan fingerprint density at radius 1 is 1.43 bits per heavy atom. The van der Waals surface area contributed by atoms with Crippen LogP contribution in [0.4, 0.5) is 0 Å². The molecule has 0 radical (unpaired) electrons. The average molecular weight is 159 g/mol. The van der Waals surface area contributed by atoms with Crippen LogP contribution in [0.2, 0.25) is 4.31 Å². The van der Waals surface area contributed by atoms with E-state index in [1.54, 1.807) is 0 Å². The molecule has 0 aliphatic heterocycles. The molecule has 0 N–H and O–H groups in total. The van der Waals surface area contributed by atoms with Gasteiger partial charge in [0.25, 0.3) is 0 Å². The van der Waals surface area contributed by atoms with Gasteiger partial charge in [-0.2, -0.15) is 0 Å². The molecular formula is C4H9LiOSe. The fraction of sp³-hybridized carbons (Fsp3) is 1.00. The summed E-state index contributed by atoms with van der Waals surface area (Å²) in [5.41, 5.74) is 0. The summed E-state index contributed by atoms with van der Waals surface area (Å²) in [5, 5.41) is 0. The Morgan fingerprint density at radius 2 is 1.57 bits per heavy atom. The molecule has 1 nitrogen and oxygen atoms in total. The van der Waals surface area contributed by atoms with Crippen LogP contribution in [0.25, 0.3) is 0 Å². The zero-order valence-electron chi connectivity index (χ0n) is 5.32. The van der Waals surface area contributed by atoms with E-state index < -0.39 is 11.6 Å². The Hall–Kier alpha value is 0.917. The van der Waals surface area contributed by atoms with Crippen molar-refractivity contribution in [3.05, 3.63) is 0 Å². The molecule has 0 aromatic heterocycles. The molecule has 0 rings (SSSR count). The predicted octanol–water partition coefficient (Wildman–Crippen LogP) is 0.874. The van der Waals surface area contributed by atoms with Crippen LogP contribution in [0.5, 0.6) is 0 Å². The van der Waals surface area contributed by atoms with E-state index in [1.165, 1.54) is 0 Å². The topological polar surface area (TPSA) is 17.1 Å². The molecule has 38 valence electrons. The molecule has 0 saturated carbocycles. The van der Waals surface area contributed by atoms with Crippen molar-refractivity contribution >= 4 is 27.4 Å². The van der Waals surface area contributed by atoms with Gasteiger partial charge in [0, 0.05) is 0 Å². The number of hydrogen-bond donors (Lipinski definition) is 0. The molecule has 1 unspecified atom stereocenters. The second kappa shape index (κ2) is 2.46. The van der Waals surface area contributed by atoms with Gasteiger partial charge in [-0.3, -0.25) is 0 Å². The van der Waals surface area contributed by atoms with E-state index in [2.05, 4.69) is 0 Å². The quantitative estimate of drug-likeness (QED) is 0.479. The molecule has 0 bridgehead atoms. The van der Waals surface area contributed by atoms with E-state index in [1.807, 2.05) is 36.5 Å². The van der Waals surface area contributed by atoms with Gasteiger partial charge in [-0.05, 0) is 0 Å². The van der Waals surface area contributed by atoms with Crippen LogP contribution >= 0.6 is 0 Å². The van der Waals surface area contributed by atoms with Gasteiger partial charge in [-0.25, -0.2) is 0 Å². The summed E-state index contributed by atoms with van der Waals surface area (Å²) in [6.07, 6.45) is 0. The van der Waals surface area contributed by atoms with Gasteiger partial charge in [0.15, 0.2) is 0 Å². The molecule has 3 heteroatoms. The van der Waals surface area contributed by atoms with Crippen LogP contribution in [-0.4, -0.2) is 27.4 Å². The van der Waals surface area contributed by atoms with Crippen molar-refractivity contribution in [3.63, 3.8) is 0 Å². The molecule has 0 aromatic rings. The summed E-state index contributed by atoms with van der Waals surface area (Å²) in [4.78, 5) is 0. The summed E-state index contributed by atoms with van der Waals surface area (Å²) >= 11 is 0.326. The zero-order chi connectivity index (χ0) is 6.08. The van der Waals surface area contributed by atoms with Gasteiger partial charge in [-0.1, -0.05) is 0 Å². The van der Waals surface area contributed by atoms with Crippen molar-refractivity contribution in [1.29, 1.82) is 0 Å². The molecule has 0 aliphatic carbocycles. The second-order valence-electron chi connectivity index (χ2n) is 2.57. The van der Waals surface area contributed by atoms with Gasteiger partial charge in [-0.15, -0.1) is 0 Å². The molecule has 0 saturated heterocycles. The minimum atomic E-state index is -1.49. The van der Waals surface area contributed by atoms with Gasteiger partial charge in [0.1, 0.15) is 0 Å². The zero-order valence-corrected chi connectivity index (χ0v) is 7.03. The second-order valence-corrected chi connectivity index (χ2v) is 7.04. The van der Waals surface area contributed by atoms with Gasteiger partial charge in [0.2, 0.25) is 0 Å². The van der Waals surface area contributed by atoms with Gasteiger partial charge < -0.3 is 0 Å². The summed E-state index contributed by atoms with van der Waals surface area (Å²) in [6.45, 7) is 6.01. The number of rotatable bonds is 0. The first-order valence-corrected chi connectivity index (χ1v) is 5.55. The molecule has 0 aromatic carbocycles. The van der Waals surface area contributed by atoms with Crippen molar-refractivity contribution in [2.45, 2.75) is 25.1 Å². The number of hydrogen-bond acceptors (Lipinski definition) is 1. The molecule has 0 fully saturated rings. The molecule has 0 spiro atoms. The molecule has 0 amide bonds. The maximum atomic E-state index is 10.7. The predicted molar refractivity (Wildman–Crippen MR) is 31.9 cm³/mol. The summed E-state index contributed by atoms with van der Waals surface area (Å²) in [5.74, 6) is 0.